The van der Waals surface area contributed by atoms with Gasteiger partial charge in [0.2, 0.25) is 0 Å². The first-order valence-electron chi connectivity index (χ1n) is 7.93. The lowest BCUT2D eigenvalue weighted by molar-refractivity contribution is 0.0250. The summed E-state index contributed by atoms with van der Waals surface area (Å²) in [5.41, 5.74) is 2.11. The van der Waals surface area contributed by atoms with Crippen molar-refractivity contribution in [3.63, 3.8) is 0 Å². The second-order valence-corrected chi connectivity index (χ2v) is 6.28. The highest BCUT2D eigenvalue weighted by Gasteiger charge is 2.27. The minimum Gasteiger partial charge on any atom is -0.493 e. The molecular weight excluding hydrogens is 250 g/mol. The molecular formula is C17H25NO2. The van der Waals surface area contributed by atoms with Crippen LogP contribution in [0.2, 0.25) is 0 Å². The summed E-state index contributed by atoms with van der Waals surface area (Å²) >= 11 is 0. The molecule has 1 aliphatic heterocycles. The molecule has 3 heteroatoms. The molecule has 1 saturated carbocycles. The van der Waals surface area contributed by atoms with Gasteiger partial charge in [0.25, 0.3) is 0 Å². The van der Waals surface area contributed by atoms with Gasteiger partial charge in [-0.3, -0.25) is 0 Å². The summed E-state index contributed by atoms with van der Waals surface area (Å²) in [6.07, 6.45) is 7.77. The molecule has 3 nitrogen and oxygen atoms in total. The Kier molecular flexibility index (Phi) is 4.27. The number of ether oxygens (including phenoxy) is 1. The third-order valence-corrected chi connectivity index (χ3v) is 4.57. The van der Waals surface area contributed by atoms with E-state index in [0.717, 1.165) is 51.0 Å². The summed E-state index contributed by atoms with van der Waals surface area (Å²) in [6, 6.07) is 6.42. The van der Waals surface area contributed by atoms with Gasteiger partial charge in [0, 0.05) is 19.5 Å². The maximum Gasteiger partial charge on any atom is 0.122 e. The fourth-order valence-electron chi connectivity index (χ4n) is 3.35. The van der Waals surface area contributed by atoms with E-state index in [4.69, 9.17) is 4.74 Å². The second-order valence-electron chi connectivity index (χ2n) is 6.28. The zero-order chi connectivity index (χ0) is 13.8. The predicted octanol–water partition coefficient (Wildman–Crippen LogP) is 2.80. The van der Waals surface area contributed by atoms with Crippen LogP contribution in [-0.2, 0) is 13.0 Å². The summed E-state index contributed by atoms with van der Waals surface area (Å²) in [7, 11) is 0. The van der Waals surface area contributed by atoms with E-state index in [0.29, 0.717) is 6.54 Å². The normalized spacial score (nSPS) is 21.1. The highest BCUT2D eigenvalue weighted by molar-refractivity contribution is 5.39. The van der Waals surface area contributed by atoms with E-state index in [9.17, 15) is 5.11 Å². The van der Waals surface area contributed by atoms with Crippen LogP contribution < -0.4 is 10.1 Å². The smallest absolute Gasteiger partial charge is 0.122 e. The van der Waals surface area contributed by atoms with Crippen LogP contribution in [0.3, 0.4) is 0 Å². The molecule has 0 spiro atoms. The molecule has 20 heavy (non-hydrogen) atoms. The van der Waals surface area contributed by atoms with Gasteiger partial charge in [-0.25, -0.2) is 0 Å². The first-order valence-corrected chi connectivity index (χ1v) is 7.93. The molecule has 0 unspecified atom stereocenters. The van der Waals surface area contributed by atoms with E-state index in [1.807, 2.05) is 0 Å². The molecule has 0 saturated heterocycles. The number of benzene rings is 1. The summed E-state index contributed by atoms with van der Waals surface area (Å²) in [6.45, 7) is 2.35. The Morgan fingerprint density at radius 1 is 1.15 bits per heavy atom. The van der Waals surface area contributed by atoms with Crippen LogP contribution in [0.1, 0.15) is 49.7 Å². The van der Waals surface area contributed by atoms with Gasteiger partial charge in [-0.2, -0.15) is 0 Å². The summed E-state index contributed by atoms with van der Waals surface area (Å²) in [5, 5.41) is 14.0. The van der Waals surface area contributed by atoms with Crippen LogP contribution in [0.5, 0.6) is 5.75 Å². The fraction of sp³-hybridized carbons (Fsp3) is 0.647. The first-order chi connectivity index (χ1) is 9.75. The second kappa shape index (κ2) is 6.15. The largest absolute Gasteiger partial charge is 0.493 e. The number of hydrogen-bond acceptors (Lipinski definition) is 3. The molecule has 0 radical (unpaired) electrons. The highest BCUT2D eigenvalue weighted by Crippen LogP contribution is 2.27. The standard InChI is InChI=1S/C17H25NO2/c19-17(8-3-1-2-4-9-17)13-18-12-14-5-6-16-15(11-14)7-10-20-16/h5-6,11,18-19H,1-4,7-10,12-13H2. The van der Waals surface area contributed by atoms with Crippen LogP contribution in [-0.4, -0.2) is 23.9 Å². The molecule has 1 aromatic carbocycles. The number of hydrogen-bond donors (Lipinski definition) is 2. The lowest BCUT2D eigenvalue weighted by atomic mass is 9.94. The minimum absolute atomic E-state index is 0.490. The Bertz CT molecular complexity index is 450. The lowest BCUT2D eigenvalue weighted by Crippen LogP contribution is -2.39. The number of rotatable bonds is 4. The molecule has 0 bridgehead atoms. The Labute approximate surface area is 121 Å². The maximum atomic E-state index is 10.6. The van der Waals surface area contributed by atoms with Gasteiger partial charge in [0.15, 0.2) is 0 Å². The van der Waals surface area contributed by atoms with Gasteiger partial charge in [0.1, 0.15) is 5.75 Å². The van der Waals surface area contributed by atoms with Gasteiger partial charge in [-0.15, -0.1) is 0 Å². The number of aliphatic hydroxyl groups is 1. The van der Waals surface area contributed by atoms with Crippen molar-refractivity contribution in [3.05, 3.63) is 29.3 Å². The van der Waals surface area contributed by atoms with E-state index >= 15 is 0 Å². The van der Waals surface area contributed by atoms with Crippen LogP contribution in [0, 0.1) is 0 Å². The SMILES string of the molecule is OC1(CNCc2ccc3c(c2)CCO3)CCCCCC1. The molecule has 1 aromatic rings. The Morgan fingerprint density at radius 2 is 1.95 bits per heavy atom. The Morgan fingerprint density at radius 3 is 2.75 bits per heavy atom. The molecule has 110 valence electrons. The molecule has 1 heterocycles. The van der Waals surface area contributed by atoms with E-state index < -0.39 is 5.60 Å². The first kappa shape index (κ1) is 13.9. The lowest BCUT2D eigenvalue weighted by Gasteiger charge is -2.27. The van der Waals surface area contributed by atoms with Crippen LogP contribution in [0.25, 0.3) is 0 Å². The molecule has 0 atom stereocenters. The molecule has 3 rings (SSSR count). The van der Waals surface area contributed by atoms with E-state index in [2.05, 4.69) is 23.5 Å². The predicted molar refractivity (Wildman–Crippen MR) is 80.0 cm³/mol. The maximum absolute atomic E-state index is 10.6. The fourth-order valence-corrected chi connectivity index (χ4v) is 3.35. The zero-order valence-corrected chi connectivity index (χ0v) is 12.2. The molecule has 0 amide bonds. The van der Waals surface area contributed by atoms with Crippen molar-refractivity contribution >= 4 is 0 Å². The zero-order valence-electron chi connectivity index (χ0n) is 12.2. The molecule has 2 N–H and O–H groups in total. The summed E-state index contributed by atoms with van der Waals surface area (Å²) < 4.78 is 5.52. The summed E-state index contributed by atoms with van der Waals surface area (Å²) in [5.74, 6) is 1.04. The molecule has 2 aliphatic rings. The van der Waals surface area contributed by atoms with Crippen LogP contribution in [0.4, 0.5) is 0 Å². The topological polar surface area (TPSA) is 41.5 Å². The molecule has 0 aromatic heterocycles. The molecule has 1 aliphatic carbocycles. The Balaban J connectivity index is 1.52. The average molecular weight is 275 g/mol. The van der Waals surface area contributed by atoms with Gasteiger partial charge in [0.05, 0.1) is 12.2 Å². The number of nitrogens with one attached hydrogen (secondary N) is 1. The van der Waals surface area contributed by atoms with Crippen molar-refractivity contribution in [2.75, 3.05) is 13.2 Å². The van der Waals surface area contributed by atoms with E-state index in [-0.39, 0.29) is 0 Å². The monoisotopic (exact) mass is 275 g/mol. The van der Waals surface area contributed by atoms with Crippen LogP contribution in [0.15, 0.2) is 18.2 Å². The van der Waals surface area contributed by atoms with Crippen molar-refractivity contribution < 1.29 is 9.84 Å². The number of fused-ring (bicyclic) bond motifs is 1. The van der Waals surface area contributed by atoms with Crippen molar-refractivity contribution in [1.82, 2.24) is 5.32 Å². The molecule has 1 fully saturated rings. The average Bonchev–Trinajstić information content (AvgIpc) is 2.80. The van der Waals surface area contributed by atoms with Gasteiger partial charge in [-0.05, 0) is 30.0 Å². The van der Waals surface area contributed by atoms with Gasteiger partial charge >= 0.3 is 0 Å². The van der Waals surface area contributed by atoms with E-state index in [1.165, 1.54) is 24.0 Å². The summed E-state index contributed by atoms with van der Waals surface area (Å²) in [4.78, 5) is 0. The van der Waals surface area contributed by atoms with Gasteiger partial charge < -0.3 is 15.2 Å². The van der Waals surface area contributed by atoms with Crippen molar-refractivity contribution in [2.24, 2.45) is 0 Å². The van der Waals surface area contributed by atoms with Crippen molar-refractivity contribution in [3.8, 4) is 5.75 Å². The van der Waals surface area contributed by atoms with Crippen LogP contribution >= 0.6 is 0 Å². The minimum atomic E-state index is -0.490. The van der Waals surface area contributed by atoms with Gasteiger partial charge in [-0.1, -0.05) is 37.8 Å². The Hall–Kier alpha value is -1.06. The highest BCUT2D eigenvalue weighted by atomic mass is 16.5. The quantitative estimate of drug-likeness (QED) is 0.830. The van der Waals surface area contributed by atoms with Crippen molar-refractivity contribution in [1.29, 1.82) is 0 Å². The third-order valence-electron chi connectivity index (χ3n) is 4.57. The third kappa shape index (κ3) is 3.33. The van der Waals surface area contributed by atoms with Crippen molar-refractivity contribution in [2.45, 2.75) is 57.1 Å². The van der Waals surface area contributed by atoms with E-state index in [1.54, 1.807) is 0 Å².